The normalized spacial score (nSPS) is 13.3. The Morgan fingerprint density at radius 3 is 2.50 bits per heavy atom. The zero-order valence-corrected chi connectivity index (χ0v) is 5.47. The average molecular weight is 153 g/mol. The first-order chi connectivity index (χ1) is 4.54. The minimum atomic E-state index is -3.00. The number of amides is 1. The van der Waals surface area contributed by atoms with Crippen molar-refractivity contribution in [2.75, 3.05) is 6.54 Å². The Morgan fingerprint density at radius 2 is 2.20 bits per heavy atom. The molecular formula is C5H9F2NO2. The molecule has 0 fully saturated rings. The van der Waals surface area contributed by atoms with Crippen LogP contribution in [0.15, 0.2) is 0 Å². The van der Waals surface area contributed by atoms with Gasteiger partial charge in [-0.15, -0.1) is 0 Å². The highest BCUT2D eigenvalue weighted by atomic mass is 19.3. The van der Waals surface area contributed by atoms with Gasteiger partial charge in [-0.2, -0.15) is 8.78 Å². The lowest BCUT2D eigenvalue weighted by molar-refractivity contribution is -0.132. The lowest BCUT2D eigenvalue weighted by Gasteiger charge is -2.04. The smallest absolute Gasteiger partial charge is 0.315 e. The molecule has 0 aromatic carbocycles. The summed E-state index contributed by atoms with van der Waals surface area (Å²) in [4.78, 5) is 10.1. The molecule has 60 valence electrons. The molecule has 0 aromatic heterocycles. The Kier molecular flexibility index (Phi) is 3.87. The summed E-state index contributed by atoms with van der Waals surface area (Å²) in [6.07, 6.45) is -3.79. The summed E-state index contributed by atoms with van der Waals surface area (Å²) in [5, 5.41) is 10.4. The SMILES string of the molecule is C[C@H](O)CNC(=O)C(F)F. The standard InChI is InChI=1S/C5H9F2NO2/c1-3(9)2-8-5(10)4(6)7/h3-4,9H,2H2,1H3,(H,8,10)/t3-/m0/s1. The molecule has 0 spiro atoms. The number of hydrogen-bond donors (Lipinski definition) is 2. The Hall–Kier alpha value is -0.710. The van der Waals surface area contributed by atoms with Crippen molar-refractivity contribution < 1.29 is 18.7 Å². The summed E-state index contributed by atoms with van der Waals surface area (Å²) >= 11 is 0. The molecule has 0 heterocycles. The minimum Gasteiger partial charge on any atom is -0.392 e. The van der Waals surface area contributed by atoms with Crippen molar-refractivity contribution in [3.05, 3.63) is 0 Å². The van der Waals surface area contributed by atoms with E-state index in [-0.39, 0.29) is 6.54 Å². The zero-order chi connectivity index (χ0) is 8.15. The van der Waals surface area contributed by atoms with Crippen molar-refractivity contribution in [1.29, 1.82) is 0 Å². The number of carbonyl (C=O) groups excluding carboxylic acids is 1. The van der Waals surface area contributed by atoms with Gasteiger partial charge in [-0.25, -0.2) is 0 Å². The van der Waals surface area contributed by atoms with Gasteiger partial charge in [-0.1, -0.05) is 0 Å². The highest BCUT2D eigenvalue weighted by Crippen LogP contribution is 1.90. The third-order valence-electron chi connectivity index (χ3n) is 0.770. The summed E-state index contributed by atoms with van der Waals surface area (Å²) in [5.74, 6) is -1.35. The van der Waals surface area contributed by atoms with Gasteiger partial charge in [0.1, 0.15) is 0 Å². The predicted molar refractivity (Wildman–Crippen MR) is 30.7 cm³/mol. The number of hydrogen-bond acceptors (Lipinski definition) is 2. The van der Waals surface area contributed by atoms with E-state index < -0.39 is 18.4 Å². The largest absolute Gasteiger partial charge is 0.392 e. The Balaban J connectivity index is 3.40. The number of carbonyl (C=O) groups is 1. The van der Waals surface area contributed by atoms with Crippen LogP contribution in [0.5, 0.6) is 0 Å². The van der Waals surface area contributed by atoms with Crippen LogP contribution in [0.2, 0.25) is 0 Å². The summed E-state index contributed by atoms with van der Waals surface area (Å²) in [5.41, 5.74) is 0. The van der Waals surface area contributed by atoms with Crippen LogP contribution in [0.1, 0.15) is 6.92 Å². The highest BCUT2D eigenvalue weighted by molar-refractivity contribution is 5.79. The van der Waals surface area contributed by atoms with E-state index in [1.165, 1.54) is 6.92 Å². The number of aliphatic hydroxyl groups is 1. The molecule has 0 unspecified atom stereocenters. The Labute approximate surface area is 57.0 Å². The predicted octanol–water partition coefficient (Wildman–Crippen LogP) is -0.252. The molecule has 0 aromatic rings. The van der Waals surface area contributed by atoms with Gasteiger partial charge in [0.2, 0.25) is 0 Å². The minimum absolute atomic E-state index is 0.136. The van der Waals surface area contributed by atoms with E-state index in [1.54, 1.807) is 0 Å². The number of aliphatic hydroxyl groups excluding tert-OH is 1. The highest BCUT2D eigenvalue weighted by Gasteiger charge is 2.14. The lowest BCUT2D eigenvalue weighted by atomic mass is 10.4. The van der Waals surface area contributed by atoms with E-state index in [1.807, 2.05) is 5.32 Å². The van der Waals surface area contributed by atoms with Crippen LogP contribution in [-0.4, -0.2) is 30.1 Å². The fourth-order valence-corrected chi connectivity index (χ4v) is 0.325. The summed E-state index contributed by atoms with van der Waals surface area (Å²) in [6, 6.07) is 0. The van der Waals surface area contributed by atoms with E-state index in [0.29, 0.717) is 0 Å². The number of nitrogens with one attached hydrogen (secondary N) is 1. The molecule has 3 nitrogen and oxygen atoms in total. The van der Waals surface area contributed by atoms with Crippen molar-refractivity contribution in [2.24, 2.45) is 0 Å². The van der Waals surface area contributed by atoms with Crippen molar-refractivity contribution >= 4 is 5.91 Å². The Morgan fingerprint density at radius 1 is 1.70 bits per heavy atom. The first kappa shape index (κ1) is 9.29. The summed E-state index contributed by atoms with van der Waals surface area (Å²) in [6.45, 7) is 1.26. The maximum Gasteiger partial charge on any atom is 0.315 e. The molecule has 0 saturated carbocycles. The molecule has 1 amide bonds. The van der Waals surface area contributed by atoms with Crippen molar-refractivity contribution in [3.63, 3.8) is 0 Å². The number of alkyl halides is 2. The van der Waals surface area contributed by atoms with Crippen molar-refractivity contribution in [3.8, 4) is 0 Å². The van der Waals surface area contributed by atoms with Gasteiger partial charge in [-0.05, 0) is 6.92 Å². The fourth-order valence-electron chi connectivity index (χ4n) is 0.325. The quantitative estimate of drug-likeness (QED) is 0.587. The number of halogens is 2. The third kappa shape index (κ3) is 4.20. The van der Waals surface area contributed by atoms with E-state index in [2.05, 4.69) is 0 Å². The first-order valence-electron chi connectivity index (χ1n) is 2.78. The van der Waals surface area contributed by atoms with Crippen LogP contribution in [0.4, 0.5) is 8.78 Å². The monoisotopic (exact) mass is 153 g/mol. The zero-order valence-electron chi connectivity index (χ0n) is 5.47. The van der Waals surface area contributed by atoms with E-state index in [9.17, 15) is 13.6 Å². The second kappa shape index (κ2) is 4.16. The van der Waals surface area contributed by atoms with Crippen LogP contribution >= 0.6 is 0 Å². The van der Waals surface area contributed by atoms with Gasteiger partial charge in [0.15, 0.2) is 0 Å². The molecule has 0 aliphatic heterocycles. The van der Waals surface area contributed by atoms with Gasteiger partial charge < -0.3 is 10.4 Å². The second-order valence-electron chi connectivity index (χ2n) is 1.89. The van der Waals surface area contributed by atoms with Gasteiger partial charge >= 0.3 is 6.43 Å². The summed E-state index contributed by atoms with van der Waals surface area (Å²) < 4.78 is 22.8. The average Bonchev–Trinajstić information content (AvgIpc) is 1.82. The Bertz CT molecular complexity index is 116. The molecule has 2 N–H and O–H groups in total. The maximum atomic E-state index is 11.4. The van der Waals surface area contributed by atoms with Crippen LogP contribution in [0, 0.1) is 0 Å². The molecule has 0 radical (unpaired) electrons. The van der Waals surface area contributed by atoms with E-state index in [0.717, 1.165) is 0 Å². The molecule has 0 aliphatic carbocycles. The van der Waals surface area contributed by atoms with Crippen LogP contribution in [0.25, 0.3) is 0 Å². The van der Waals surface area contributed by atoms with E-state index >= 15 is 0 Å². The van der Waals surface area contributed by atoms with E-state index in [4.69, 9.17) is 5.11 Å². The summed E-state index contributed by atoms with van der Waals surface area (Å²) in [7, 11) is 0. The molecule has 5 heteroatoms. The maximum absolute atomic E-state index is 11.4. The van der Waals surface area contributed by atoms with Crippen LogP contribution in [-0.2, 0) is 4.79 Å². The molecule has 0 bridgehead atoms. The molecule has 10 heavy (non-hydrogen) atoms. The van der Waals surface area contributed by atoms with Gasteiger partial charge in [0.25, 0.3) is 5.91 Å². The van der Waals surface area contributed by atoms with Crippen LogP contribution in [0.3, 0.4) is 0 Å². The molecule has 0 rings (SSSR count). The topological polar surface area (TPSA) is 49.3 Å². The first-order valence-corrected chi connectivity index (χ1v) is 2.78. The third-order valence-corrected chi connectivity index (χ3v) is 0.770. The molecule has 0 saturated heterocycles. The van der Waals surface area contributed by atoms with Gasteiger partial charge in [-0.3, -0.25) is 4.79 Å². The fraction of sp³-hybridized carbons (Fsp3) is 0.800. The lowest BCUT2D eigenvalue weighted by Crippen LogP contribution is -2.34. The van der Waals surface area contributed by atoms with Crippen molar-refractivity contribution in [2.45, 2.75) is 19.5 Å². The molecule has 1 atom stereocenters. The van der Waals surface area contributed by atoms with Gasteiger partial charge in [0.05, 0.1) is 6.10 Å². The number of rotatable bonds is 3. The molecular weight excluding hydrogens is 144 g/mol. The van der Waals surface area contributed by atoms with Crippen molar-refractivity contribution in [1.82, 2.24) is 5.32 Å². The second-order valence-corrected chi connectivity index (χ2v) is 1.89. The van der Waals surface area contributed by atoms with Crippen LogP contribution < -0.4 is 5.32 Å². The molecule has 0 aliphatic rings. The van der Waals surface area contributed by atoms with Gasteiger partial charge in [0, 0.05) is 6.54 Å².